The van der Waals surface area contributed by atoms with E-state index in [4.69, 9.17) is 4.74 Å². The molecular weight excluding hydrogens is 343 g/mol. The summed E-state index contributed by atoms with van der Waals surface area (Å²) in [5, 5.41) is 0. The quantitative estimate of drug-likeness (QED) is 0.867. The highest BCUT2D eigenvalue weighted by atomic mass is 19.4. The van der Waals surface area contributed by atoms with Crippen LogP contribution in [0.3, 0.4) is 0 Å². The maximum Gasteiger partial charge on any atom is 0.416 e. The van der Waals surface area contributed by atoms with Crippen molar-refractivity contribution < 1.29 is 17.9 Å². The van der Waals surface area contributed by atoms with Crippen molar-refractivity contribution in [3.8, 4) is 11.3 Å². The van der Waals surface area contributed by atoms with E-state index in [1.807, 2.05) is 0 Å². The van der Waals surface area contributed by atoms with E-state index < -0.39 is 11.7 Å². The SMILES string of the molecule is CC(C)(C)CN1CCOC[C@H]1c1ncc(-c2ccc(C(F)(F)F)cc2)[nH]1. The molecule has 1 atom stereocenters. The maximum atomic E-state index is 12.7. The van der Waals surface area contributed by atoms with Crippen LogP contribution in [0.4, 0.5) is 13.2 Å². The van der Waals surface area contributed by atoms with Crippen molar-refractivity contribution >= 4 is 0 Å². The molecule has 142 valence electrons. The van der Waals surface area contributed by atoms with Crippen LogP contribution in [0.1, 0.15) is 38.2 Å². The van der Waals surface area contributed by atoms with Gasteiger partial charge in [0.25, 0.3) is 0 Å². The largest absolute Gasteiger partial charge is 0.416 e. The van der Waals surface area contributed by atoms with Crippen molar-refractivity contribution in [3.05, 3.63) is 41.9 Å². The first-order valence-electron chi connectivity index (χ1n) is 8.68. The lowest BCUT2D eigenvalue weighted by atomic mass is 9.95. The summed E-state index contributed by atoms with van der Waals surface area (Å²) in [7, 11) is 0. The topological polar surface area (TPSA) is 41.1 Å². The maximum absolute atomic E-state index is 12.7. The summed E-state index contributed by atoms with van der Waals surface area (Å²) in [6.07, 6.45) is -2.66. The number of nitrogens with one attached hydrogen (secondary N) is 1. The molecule has 7 heteroatoms. The van der Waals surface area contributed by atoms with Gasteiger partial charge in [-0.3, -0.25) is 4.90 Å². The van der Waals surface area contributed by atoms with Crippen molar-refractivity contribution in [1.29, 1.82) is 0 Å². The third-order valence-corrected chi connectivity index (χ3v) is 4.35. The number of rotatable bonds is 3. The summed E-state index contributed by atoms with van der Waals surface area (Å²) in [4.78, 5) is 10.1. The number of hydrogen-bond acceptors (Lipinski definition) is 3. The second kappa shape index (κ2) is 7.04. The summed E-state index contributed by atoms with van der Waals surface area (Å²) >= 11 is 0. The molecule has 1 saturated heterocycles. The second-order valence-electron chi connectivity index (χ2n) is 7.88. The van der Waals surface area contributed by atoms with Crippen LogP contribution in [0.5, 0.6) is 0 Å². The number of imidazole rings is 1. The zero-order chi connectivity index (χ0) is 18.9. The number of aromatic nitrogens is 2. The van der Waals surface area contributed by atoms with Gasteiger partial charge in [0.15, 0.2) is 0 Å². The van der Waals surface area contributed by atoms with Crippen LogP contribution >= 0.6 is 0 Å². The summed E-state index contributed by atoms with van der Waals surface area (Å²) in [6.45, 7) is 9.56. The van der Waals surface area contributed by atoms with Crippen LogP contribution in [0.2, 0.25) is 0 Å². The average Bonchev–Trinajstić information content (AvgIpc) is 3.03. The Hall–Kier alpha value is -1.86. The lowest BCUT2D eigenvalue weighted by Gasteiger charge is -2.38. The van der Waals surface area contributed by atoms with Gasteiger partial charge in [0.1, 0.15) is 5.82 Å². The molecule has 2 aromatic rings. The van der Waals surface area contributed by atoms with Gasteiger partial charge in [-0.1, -0.05) is 32.9 Å². The monoisotopic (exact) mass is 367 g/mol. The molecule has 1 aromatic heterocycles. The fraction of sp³-hybridized carbons (Fsp3) is 0.526. The molecule has 0 unspecified atom stereocenters. The van der Waals surface area contributed by atoms with Gasteiger partial charge in [-0.15, -0.1) is 0 Å². The number of ether oxygens (including phenoxy) is 1. The third kappa shape index (κ3) is 4.45. The minimum Gasteiger partial charge on any atom is -0.378 e. The summed E-state index contributed by atoms with van der Waals surface area (Å²) < 4.78 is 43.7. The van der Waals surface area contributed by atoms with Gasteiger partial charge in [0.05, 0.1) is 36.7 Å². The van der Waals surface area contributed by atoms with Crippen molar-refractivity contribution in [2.45, 2.75) is 33.0 Å². The average molecular weight is 367 g/mol. The fourth-order valence-corrected chi connectivity index (χ4v) is 3.18. The predicted octanol–water partition coefficient (Wildman–Crippen LogP) is 4.51. The van der Waals surface area contributed by atoms with E-state index in [-0.39, 0.29) is 11.5 Å². The van der Waals surface area contributed by atoms with Crippen LogP contribution in [-0.2, 0) is 10.9 Å². The van der Waals surface area contributed by atoms with E-state index in [9.17, 15) is 13.2 Å². The summed E-state index contributed by atoms with van der Waals surface area (Å²) in [6, 6.07) is 5.12. The Morgan fingerprint density at radius 2 is 1.88 bits per heavy atom. The van der Waals surface area contributed by atoms with Gasteiger partial charge in [0, 0.05) is 13.1 Å². The van der Waals surface area contributed by atoms with E-state index in [0.717, 1.165) is 31.0 Å². The van der Waals surface area contributed by atoms with Crippen LogP contribution < -0.4 is 0 Å². The Kier molecular flexibility index (Phi) is 5.12. The van der Waals surface area contributed by atoms with Crippen molar-refractivity contribution in [1.82, 2.24) is 14.9 Å². The molecule has 1 fully saturated rings. The molecule has 0 saturated carbocycles. The van der Waals surface area contributed by atoms with Crippen molar-refractivity contribution in [2.75, 3.05) is 26.3 Å². The molecule has 0 radical (unpaired) electrons. The Labute approximate surface area is 151 Å². The third-order valence-electron chi connectivity index (χ3n) is 4.35. The predicted molar refractivity (Wildman–Crippen MR) is 93.6 cm³/mol. The van der Waals surface area contributed by atoms with Crippen molar-refractivity contribution in [2.24, 2.45) is 5.41 Å². The molecule has 0 bridgehead atoms. The van der Waals surface area contributed by atoms with Gasteiger partial charge in [-0.05, 0) is 23.1 Å². The normalized spacial score (nSPS) is 19.7. The second-order valence-corrected chi connectivity index (χ2v) is 7.88. The lowest BCUT2D eigenvalue weighted by molar-refractivity contribution is -0.137. The minimum atomic E-state index is -4.33. The van der Waals surface area contributed by atoms with E-state index in [0.29, 0.717) is 24.5 Å². The highest BCUT2D eigenvalue weighted by molar-refractivity contribution is 5.59. The van der Waals surface area contributed by atoms with Gasteiger partial charge in [-0.25, -0.2) is 4.98 Å². The molecule has 0 amide bonds. The molecule has 1 aromatic carbocycles. The molecule has 1 aliphatic rings. The van der Waals surface area contributed by atoms with Gasteiger partial charge >= 0.3 is 6.18 Å². The first-order valence-corrected chi connectivity index (χ1v) is 8.68. The highest BCUT2D eigenvalue weighted by Gasteiger charge is 2.31. The van der Waals surface area contributed by atoms with E-state index in [2.05, 4.69) is 35.6 Å². The molecule has 3 rings (SSSR count). The standard InChI is InChI=1S/C19H24F3N3O/c1-18(2,3)12-25-8-9-26-11-16(25)17-23-10-15(24-17)13-4-6-14(7-5-13)19(20,21)22/h4-7,10,16H,8-9,11-12H2,1-3H3,(H,23,24)/t16-/m0/s1. The van der Waals surface area contributed by atoms with Crippen LogP contribution in [0.15, 0.2) is 30.5 Å². The van der Waals surface area contributed by atoms with Gasteiger partial charge in [0.2, 0.25) is 0 Å². The zero-order valence-corrected chi connectivity index (χ0v) is 15.2. The molecule has 4 nitrogen and oxygen atoms in total. The fourth-order valence-electron chi connectivity index (χ4n) is 3.18. The summed E-state index contributed by atoms with van der Waals surface area (Å²) in [5.41, 5.74) is 0.877. The molecule has 26 heavy (non-hydrogen) atoms. The Morgan fingerprint density at radius 1 is 1.19 bits per heavy atom. The number of morpholine rings is 1. The highest BCUT2D eigenvalue weighted by Crippen LogP contribution is 2.32. The molecule has 2 heterocycles. The molecule has 0 aliphatic carbocycles. The van der Waals surface area contributed by atoms with E-state index in [1.54, 1.807) is 6.20 Å². The number of benzene rings is 1. The van der Waals surface area contributed by atoms with E-state index >= 15 is 0 Å². The summed E-state index contributed by atoms with van der Waals surface area (Å²) in [5.74, 6) is 0.781. The Balaban J connectivity index is 1.80. The van der Waals surface area contributed by atoms with Crippen LogP contribution in [-0.4, -0.2) is 41.2 Å². The number of alkyl halides is 3. The van der Waals surface area contributed by atoms with Gasteiger partial charge < -0.3 is 9.72 Å². The minimum absolute atomic E-state index is 0.0196. The first kappa shape index (κ1) is 18.9. The first-order chi connectivity index (χ1) is 12.1. The Bertz CT molecular complexity index is 732. The molecular formula is C19H24F3N3O. The zero-order valence-electron chi connectivity index (χ0n) is 15.2. The van der Waals surface area contributed by atoms with Gasteiger partial charge in [-0.2, -0.15) is 13.2 Å². The molecule has 0 spiro atoms. The van der Waals surface area contributed by atoms with E-state index in [1.165, 1.54) is 12.1 Å². The van der Waals surface area contributed by atoms with Crippen LogP contribution in [0, 0.1) is 5.41 Å². The Morgan fingerprint density at radius 3 is 2.50 bits per heavy atom. The number of nitrogens with zero attached hydrogens (tertiary/aromatic N) is 2. The number of halogens is 3. The number of aromatic amines is 1. The lowest BCUT2D eigenvalue weighted by Crippen LogP contribution is -2.44. The van der Waals surface area contributed by atoms with Crippen LogP contribution in [0.25, 0.3) is 11.3 Å². The molecule has 1 N–H and O–H groups in total. The molecule has 1 aliphatic heterocycles. The number of hydrogen-bond donors (Lipinski definition) is 1. The smallest absolute Gasteiger partial charge is 0.378 e. The number of H-pyrrole nitrogens is 1. The van der Waals surface area contributed by atoms with Crippen molar-refractivity contribution in [3.63, 3.8) is 0 Å².